The number of amides is 1. The minimum Gasteiger partial charge on any atom is -0.267 e. The number of hydrogen-bond donors (Lipinski definition) is 0. The summed E-state index contributed by atoms with van der Waals surface area (Å²) < 4.78 is 2.74. The van der Waals surface area contributed by atoms with Gasteiger partial charge < -0.3 is 0 Å². The molecule has 1 atom stereocenters. The molecule has 9 heteroatoms. The van der Waals surface area contributed by atoms with Crippen molar-refractivity contribution in [1.29, 1.82) is 0 Å². The van der Waals surface area contributed by atoms with Gasteiger partial charge in [-0.1, -0.05) is 47.0 Å². The number of carbonyl (C=O) groups is 1. The van der Waals surface area contributed by atoms with Crippen molar-refractivity contribution in [2.45, 2.75) is 44.2 Å². The van der Waals surface area contributed by atoms with Gasteiger partial charge in [0.2, 0.25) is 0 Å². The van der Waals surface area contributed by atoms with Gasteiger partial charge in [-0.15, -0.1) is 5.10 Å². The zero-order chi connectivity index (χ0) is 22.3. The van der Waals surface area contributed by atoms with Gasteiger partial charge in [-0.3, -0.25) is 9.79 Å². The van der Waals surface area contributed by atoms with Crippen LogP contribution in [0.25, 0.3) is 5.69 Å². The second-order valence-electron chi connectivity index (χ2n) is 8.33. The Balaban J connectivity index is 1.58. The molecule has 1 saturated carbocycles. The maximum absolute atomic E-state index is 13.5. The lowest BCUT2D eigenvalue weighted by Crippen LogP contribution is -2.38. The molecular formula is C23H24BrN7O. The summed E-state index contributed by atoms with van der Waals surface area (Å²) in [7, 11) is 1.92. The van der Waals surface area contributed by atoms with E-state index in [1.165, 1.54) is 0 Å². The van der Waals surface area contributed by atoms with Crippen LogP contribution in [0.1, 0.15) is 38.4 Å². The molecule has 0 N–H and O–H groups in total. The monoisotopic (exact) mass is 493 g/mol. The third-order valence-electron chi connectivity index (χ3n) is 6.41. The number of benzene rings is 2. The first-order valence-corrected chi connectivity index (χ1v) is 11.6. The molecule has 2 heterocycles. The Morgan fingerprint density at radius 1 is 1.03 bits per heavy atom. The molecule has 2 aliphatic rings. The highest BCUT2D eigenvalue weighted by Crippen LogP contribution is 2.43. The quantitative estimate of drug-likeness (QED) is 0.550. The van der Waals surface area contributed by atoms with E-state index in [4.69, 9.17) is 4.99 Å². The Labute approximate surface area is 195 Å². The number of nitrogens with zero attached hydrogens (tertiary/aromatic N) is 7. The summed E-state index contributed by atoms with van der Waals surface area (Å²) in [6.07, 6.45) is 3.65. The molecule has 1 aliphatic heterocycles. The summed E-state index contributed by atoms with van der Waals surface area (Å²) in [5.41, 5.74) is 1.62. The third kappa shape index (κ3) is 3.45. The smallest absolute Gasteiger partial charge is 0.267 e. The van der Waals surface area contributed by atoms with E-state index in [-0.39, 0.29) is 11.9 Å². The van der Waals surface area contributed by atoms with E-state index in [9.17, 15) is 4.79 Å². The minimum absolute atomic E-state index is 0.0971. The number of halogens is 1. The van der Waals surface area contributed by atoms with Gasteiger partial charge in [0.15, 0.2) is 5.82 Å². The van der Waals surface area contributed by atoms with Crippen molar-refractivity contribution in [1.82, 2.24) is 25.2 Å². The van der Waals surface area contributed by atoms with E-state index in [1.54, 1.807) is 9.69 Å². The fourth-order valence-electron chi connectivity index (χ4n) is 4.60. The number of hydrazine groups is 1. The van der Waals surface area contributed by atoms with E-state index < -0.39 is 5.54 Å². The maximum Gasteiger partial charge on any atom is 0.288 e. The topological polar surface area (TPSA) is 79.5 Å². The molecule has 164 valence electrons. The second-order valence-corrected chi connectivity index (χ2v) is 9.24. The van der Waals surface area contributed by atoms with Gasteiger partial charge in [-0.2, -0.15) is 4.68 Å². The van der Waals surface area contributed by atoms with Crippen molar-refractivity contribution in [3.8, 4) is 5.69 Å². The van der Waals surface area contributed by atoms with Crippen molar-refractivity contribution in [3.05, 3.63) is 64.9 Å². The summed E-state index contributed by atoms with van der Waals surface area (Å²) >= 11 is 3.48. The van der Waals surface area contributed by atoms with Crippen LogP contribution in [0.2, 0.25) is 0 Å². The fourth-order valence-corrected chi connectivity index (χ4v) is 4.86. The number of tetrazole rings is 1. The lowest BCUT2D eigenvalue weighted by Gasteiger charge is -2.25. The van der Waals surface area contributed by atoms with E-state index in [2.05, 4.69) is 31.5 Å². The lowest BCUT2D eigenvalue weighted by molar-refractivity contribution is -0.113. The molecule has 0 spiro atoms. The maximum atomic E-state index is 13.5. The van der Waals surface area contributed by atoms with Crippen molar-refractivity contribution >= 4 is 33.2 Å². The van der Waals surface area contributed by atoms with Gasteiger partial charge in [0, 0.05) is 11.5 Å². The molecule has 0 radical (unpaired) electrons. The van der Waals surface area contributed by atoms with E-state index in [0.717, 1.165) is 41.5 Å². The van der Waals surface area contributed by atoms with Crippen LogP contribution in [0, 0.1) is 0 Å². The molecule has 2 aromatic carbocycles. The van der Waals surface area contributed by atoms with E-state index in [1.807, 2.05) is 73.6 Å². The van der Waals surface area contributed by atoms with Gasteiger partial charge in [-0.05, 0) is 66.6 Å². The van der Waals surface area contributed by atoms with Crippen molar-refractivity contribution in [2.75, 3.05) is 12.1 Å². The molecule has 5 rings (SSSR count). The van der Waals surface area contributed by atoms with Gasteiger partial charge >= 0.3 is 0 Å². The molecule has 8 nitrogen and oxygen atoms in total. The first kappa shape index (κ1) is 21.0. The molecule has 1 aromatic heterocycles. The highest BCUT2D eigenvalue weighted by atomic mass is 79.9. The summed E-state index contributed by atoms with van der Waals surface area (Å²) in [6.45, 7) is 2.01. The predicted molar refractivity (Wildman–Crippen MR) is 126 cm³/mol. The van der Waals surface area contributed by atoms with Crippen LogP contribution in [-0.4, -0.2) is 49.9 Å². The number of aromatic nitrogens is 4. The van der Waals surface area contributed by atoms with Crippen molar-refractivity contribution in [2.24, 2.45) is 4.99 Å². The van der Waals surface area contributed by atoms with Crippen LogP contribution < -0.4 is 5.01 Å². The lowest BCUT2D eigenvalue weighted by atomic mass is 9.96. The van der Waals surface area contributed by atoms with E-state index >= 15 is 0 Å². The highest BCUT2D eigenvalue weighted by Gasteiger charge is 2.46. The van der Waals surface area contributed by atoms with E-state index in [0.29, 0.717) is 11.5 Å². The van der Waals surface area contributed by atoms with Gasteiger partial charge in [0.1, 0.15) is 11.3 Å². The Hall–Kier alpha value is -2.91. The Morgan fingerprint density at radius 2 is 1.72 bits per heavy atom. The first-order chi connectivity index (χ1) is 15.5. The summed E-state index contributed by atoms with van der Waals surface area (Å²) in [6, 6.07) is 17.4. The molecule has 1 aliphatic carbocycles. The highest BCUT2D eigenvalue weighted by molar-refractivity contribution is 9.10. The van der Waals surface area contributed by atoms with Crippen LogP contribution in [0.5, 0.6) is 0 Å². The first-order valence-electron chi connectivity index (χ1n) is 10.8. The number of carbonyl (C=O) groups excluding carboxylic acids is 1. The Morgan fingerprint density at radius 3 is 2.41 bits per heavy atom. The molecule has 3 aromatic rings. The fraction of sp³-hybridized carbons (Fsp3) is 0.348. The SMILES string of the molecule is CC1C(=NC2(c3nnnn3-c3ccc(Br)cc3)CCCC2)C(=O)N(c2ccccc2)N1C. The largest absolute Gasteiger partial charge is 0.288 e. The molecule has 0 bridgehead atoms. The average Bonchev–Trinajstić information content (AvgIpc) is 3.52. The number of anilines is 1. The predicted octanol–water partition coefficient (Wildman–Crippen LogP) is 3.92. The molecule has 2 fully saturated rings. The van der Waals surface area contributed by atoms with Crippen molar-refractivity contribution in [3.63, 3.8) is 0 Å². The van der Waals surface area contributed by atoms with Crippen LogP contribution in [0.15, 0.2) is 64.1 Å². The molecule has 32 heavy (non-hydrogen) atoms. The number of rotatable bonds is 4. The van der Waals surface area contributed by atoms with Crippen molar-refractivity contribution < 1.29 is 4.79 Å². The van der Waals surface area contributed by atoms with Crippen LogP contribution in [0.4, 0.5) is 5.69 Å². The number of hydrogen-bond acceptors (Lipinski definition) is 6. The van der Waals surface area contributed by atoms with Crippen LogP contribution >= 0.6 is 15.9 Å². The zero-order valence-electron chi connectivity index (χ0n) is 18.0. The third-order valence-corrected chi connectivity index (χ3v) is 6.93. The van der Waals surface area contributed by atoms with Crippen LogP contribution in [-0.2, 0) is 10.3 Å². The molecular weight excluding hydrogens is 470 g/mol. The normalized spacial score (nSPS) is 22.2. The number of para-hydroxylation sites is 1. The second kappa shape index (κ2) is 8.22. The standard InChI is InChI=1S/C23H24BrN7O/c1-16-20(21(32)31(29(16)2)19-8-4-3-5-9-19)25-23(14-6-7-15-23)22-26-27-28-30(22)18-12-10-17(24)11-13-18/h3-5,8-13,16H,6-7,14-15H2,1-2H3. The zero-order valence-corrected chi connectivity index (χ0v) is 19.6. The minimum atomic E-state index is -0.622. The average molecular weight is 494 g/mol. The summed E-state index contributed by atoms with van der Waals surface area (Å²) in [5.74, 6) is 0.589. The molecule has 1 amide bonds. The summed E-state index contributed by atoms with van der Waals surface area (Å²) in [5, 5.41) is 16.3. The van der Waals surface area contributed by atoms with Gasteiger partial charge in [0.25, 0.3) is 5.91 Å². The number of aliphatic imine (C=N–C) groups is 1. The molecule has 1 saturated heterocycles. The summed E-state index contributed by atoms with van der Waals surface area (Å²) in [4.78, 5) is 18.7. The Kier molecular flexibility index (Phi) is 5.38. The molecule has 1 unspecified atom stereocenters. The van der Waals surface area contributed by atoms with Gasteiger partial charge in [-0.25, -0.2) is 10.0 Å². The van der Waals surface area contributed by atoms with Gasteiger partial charge in [0.05, 0.1) is 17.4 Å². The Bertz CT molecular complexity index is 1150. The van der Waals surface area contributed by atoms with Crippen LogP contribution in [0.3, 0.4) is 0 Å².